The van der Waals surface area contributed by atoms with E-state index in [9.17, 15) is 18.0 Å². The smallest absolute Gasteiger partial charge is 0.328 e. The van der Waals surface area contributed by atoms with Crippen LogP contribution in [-0.2, 0) is 15.4 Å². The fourth-order valence-electron chi connectivity index (χ4n) is 4.16. The minimum atomic E-state index is -4.37. The lowest BCUT2D eigenvalue weighted by Gasteiger charge is -2.44. The first kappa shape index (κ1) is 23.6. The van der Waals surface area contributed by atoms with Gasteiger partial charge in [0.05, 0.1) is 12.7 Å². The molecule has 1 fully saturated rings. The molecule has 1 aliphatic rings. The fraction of sp³-hybridized carbons (Fsp3) is 0.364. The van der Waals surface area contributed by atoms with Crippen LogP contribution in [0.25, 0.3) is 0 Å². The van der Waals surface area contributed by atoms with Crippen molar-refractivity contribution in [1.82, 2.24) is 14.9 Å². The van der Waals surface area contributed by atoms with Gasteiger partial charge in [-0.3, -0.25) is 4.79 Å². The van der Waals surface area contributed by atoms with E-state index in [0.29, 0.717) is 36.0 Å². The number of ether oxygens (including phenoxy) is 1. The van der Waals surface area contributed by atoms with Crippen LogP contribution in [-0.4, -0.2) is 57.3 Å². The van der Waals surface area contributed by atoms with Gasteiger partial charge in [-0.05, 0) is 43.6 Å². The Balaban J connectivity index is 2.16. The molecular weight excluding hydrogens is 432 g/mol. The topological polar surface area (TPSA) is 131 Å². The molecule has 0 aromatic heterocycles. The number of primary amides is 1. The van der Waals surface area contributed by atoms with E-state index in [0.717, 1.165) is 12.6 Å². The summed E-state index contributed by atoms with van der Waals surface area (Å²) >= 11 is 0. The fourth-order valence-corrected chi connectivity index (χ4v) is 5.92. The molecule has 1 aliphatic heterocycles. The summed E-state index contributed by atoms with van der Waals surface area (Å²) in [6.45, 7) is 1.09. The van der Waals surface area contributed by atoms with Crippen molar-refractivity contribution < 1.29 is 22.7 Å². The van der Waals surface area contributed by atoms with Gasteiger partial charge in [-0.25, -0.2) is 17.5 Å². The van der Waals surface area contributed by atoms with Crippen molar-refractivity contribution in [2.24, 2.45) is 5.73 Å². The number of hydrogen-bond donors (Lipinski definition) is 3. The Labute approximate surface area is 188 Å². The molecule has 4 N–H and O–H groups in total. The monoisotopic (exact) mass is 460 g/mol. The van der Waals surface area contributed by atoms with Crippen LogP contribution in [0.3, 0.4) is 0 Å². The number of methoxy groups -OCH3 is 1. The lowest BCUT2D eigenvalue weighted by molar-refractivity contribution is 0.0920. The van der Waals surface area contributed by atoms with E-state index in [-0.39, 0.29) is 5.56 Å². The van der Waals surface area contributed by atoms with Gasteiger partial charge in [0.2, 0.25) is 0 Å². The van der Waals surface area contributed by atoms with Crippen LogP contribution >= 0.6 is 0 Å². The molecule has 1 atom stereocenters. The zero-order chi connectivity index (χ0) is 23.4. The van der Waals surface area contributed by atoms with Crippen LogP contribution in [0.5, 0.6) is 5.75 Å². The number of amides is 3. The molecule has 3 rings (SSSR count). The Morgan fingerprint density at radius 2 is 1.69 bits per heavy atom. The quantitative estimate of drug-likeness (QED) is 0.573. The average molecular weight is 461 g/mol. The van der Waals surface area contributed by atoms with E-state index in [2.05, 4.69) is 10.6 Å². The summed E-state index contributed by atoms with van der Waals surface area (Å²) in [7, 11) is -1.84. The molecule has 0 aliphatic carbocycles. The highest BCUT2D eigenvalue weighted by Crippen LogP contribution is 2.40. The van der Waals surface area contributed by atoms with Crippen molar-refractivity contribution in [3.63, 3.8) is 0 Å². The van der Waals surface area contributed by atoms with Crippen LogP contribution in [0.2, 0.25) is 0 Å². The van der Waals surface area contributed by atoms with E-state index in [1.54, 1.807) is 24.3 Å². The number of nitrogens with one attached hydrogen (secondary N) is 2. The number of carbonyl (C=O) groups is 2. The van der Waals surface area contributed by atoms with Crippen molar-refractivity contribution >= 4 is 22.0 Å². The maximum atomic E-state index is 13.6. The Morgan fingerprint density at radius 3 is 2.28 bits per heavy atom. The van der Waals surface area contributed by atoms with Crippen LogP contribution in [0.4, 0.5) is 4.79 Å². The summed E-state index contributed by atoms with van der Waals surface area (Å²) in [5.41, 5.74) is 5.29. The first-order valence-corrected chi connectivity index (χ1v) is 11.7. The molecule has 3 amide bonds. The molecule has 32 heavy (non-hydrogen) atoms. The third-order valence-electron chi connectivity index (χ3n) is 5.95. The van der Waals surface area contributed by atoms with E-state index >= 15 is 0 Å². The van der Waals surface area contributed by atoms with Crippen molar-refractivity contribution in [1.29, 1.82) is 0 Å². The number of rotatable bonds is 7. The second kappa shape index (κ2) is 9.58. The number of nitrogens with two attached hydrogens (primary N) is 1. The first-order valence-electron chi connectivity index (χ1n) is 10.2. The highest BCUT2D eigenvalue weighted by atomic mass is 32.2. The van der Waals surface area contributed by atoms with Crippen molar-refractivity contribution in [3.8, 4) is 5.75 Å². The van der Waals surface area contributed by atoms with Gasteiger partial charge < -0.3 is 21.1 Å². The molecule has 0 spiro atoms. The molecule has 2 aromatic carbocycles. The summed E-state index contributed by atoms with van der Waals surface area (Å²) in [6, 6.07) is 14.6. The van der Waals surface area contributed by atoms with Gasteiger partial charge in [0.1, 0.15) is 5.75 Å². The number of piperidine rings is 1. The third-order valence-corrected chi connectivity index (χ3v) is 8.06. The zero-order valence-corrected chi connectivity index (χ0v) is 18.9. The van der Waals surface area contributed by atoms with Gasteiger partial charge in [-0.1, -0.05) is 42.5 Å². The van der Waals surface area contributed by atoms with E-state index < -0.39 is 32.8 Å². The average Bonchev–Trinajstić information content (AvgIpc) is 2.82. The van der Waals surface area contributed by atoms with Crippen LogP contribution < -0.4 is 21.1 Å². The lowest BCUT2D eigenvalue weighted by atomic mass is 9.72. The Bertz CT molecular complexity index is 1070. The number of sulfonamides is 1. The molecule has 1 heterocycles. The summed E-state index contributed by atoms with van der Waals surface area (Å²) in [5, 5.41) is 4.51. The standard InChI is InChI=1S/C22H28N4O5S/c1-26(21(23)28)32(29,30)20(25-19(27)17-10-6-7-11-18(17)31-2)22(12-14-24-15-13-22)16-8-4-3-5-9-16/h3-11,20,24H,12-15H2,1-2H3,(H2,23,28)(H,25,27). The van der Waals surface area contributed by atoms with Gasteiger partial charge in [0, 0.05) is 12.5 Å². The van der Waals surface area contributed by atoms with Crippen molar-refractivity contribution in [2.75, 3.05) is 27.2 Å². The number of urea groups is 1. The number of benzene rings is 2. The molecule has 2 aromatic rings. The van der Waals surface area contributed by atoms with Gasteiger partial charge in [-0.15, -0.1) is 0 Å². The third kappa shape index (κ3) is 4.42. The molecule has 172 valence electrons. The van der Waals surface area contributed by atoms with Gasteiger partial charge in [0.25, 0.3) is 15.9 Å². The Hall–Kier alpha value is -3.11. The highest BCUT2D eigenvalue weighted by Gasteiger charge is 2.51. The van der Waals surface area contributed by atoms with E-state index in [4.69, 9.17) is 10.5 Å². The lowest BCUT2D eigenvalue weighted by Crippen LogP contribution is -2.62. The van der Waals surface area contributed by atoms with Gasteiger partial charge in [0.15, 0.2) is 5.37 Å². The van der Waals surface area contributed by atoms with E-state index in [1.165, 1.54) is 7.11 Å². The number of hydrogen-bond acceptors (Lipinski definition) is 6. The molecule has 0 bridgehead atoms. The van der Waals surface area contributed by atoms with Crippen molar-refractivity contribution in [2.45, 2.75) is 23.6 Å². The highest BCUT2D eigenvalue weighted by molar-refractivity contribution is 7.90. The van der Waals surface area contributed by atoms with Crippen LogP contribution in [0.15, 0.2) is 54.6 Å². The van der Waals surface area contributed by atoms with Gasteiger partial charge >= 0.3 is 6.03 Å². The van der Waals surface area contributed by atoms with Crippen LogP contribution in [0.1, 0.15) is 28.8 Å². The number of nitrogens with zero attached hydrogens (tertiary/aromatic N) is 1. The SMILES string of the molecule is COc1ccccc1C(=O)NC(C1(c2ccccc2)CCNCC1)S(=O)(=O)N(C)C(N)=O. The molecule has 0 saturated carbocycles. The summed E-state index contributed by atoms with van der Waals surface area (Å²) in [5.74, 6) is -0.314. The first-order chi connectivity index (χ1) is 15.2. The largest absolute Gasteiger partial charge is 0.496 e. The number of carbonyl (C=O) groups excluding carboxylic acids is 2. The van der Waals surface area contributed by atoms with Crippen molar-refractivity contribution in [3.05, 3.63) is 65.7 Å². The number of para-hydroxylation sites is 1. The van der Waals surface area contributed by atoms with E-state index in [1.807, 2.05) is 30.3 Å². The maximum Gasteiger partial charge on any atom is 0.328 e. The predicted octanol–water partition coefficient (Wildman–Crippen LogP) is 1.41. The molecular formula is C22H28N4O5S. The maximum absolute atomic E-state index is 13.6. The summed E-state index contributed by atoms with van der Waals surface area (Å²) in [6.07, 6.45) is 0.861. The molecule has 1 unspecified atom stereocenters. The minimum Gasteiger partial charge on any atom is -0.496 e. The predicted molar refractivity (Wildman–Crippen MR) is 121 cm³/mol. The zero-order valence-electron chi connectivity index (χ0n) is 18.1. The summed E-state index contributed by atoms with van der Waals surface area (Å²) < 4.78 is 33.0. The summed E-state index contributed by atoms with van der Waals surface area (Å²) in [4.78, 5) is 25.1. The molecule has 10 heteroatoms. The normalized spacial score (nSPS) is 16.6. The molecule has 9 nitrogen and oxygen atoms in total. The second-order valence-corrected chi connectivity index (χ2v) is 9.73. The second-order valence-electron chi connectivity index (χ2n) is 7.68. The van der Waals surface area contributed by atoms with Gasteiger partial charge in [-0.2, -0.15) is 0 Å². The Kier molecular flexibility index (Phi) is 7.05. The minimum absolute atomic E-state index is 0.189. The Morgan fingerprint density at radius 1 is 1.09 bits per heavy atom. The van der Waals surface area contributed by atoms with Crippen LogP contribution in [0, 0.1) is 0 Å². The molecule has 1 saturated heterocycles. The molecule has 0 radical (unpaired) electrons.